The average Bonchev–Trinajstić information content (AvgIpc) is 3.00. The summed E-state index contributed by atoms with van der Waals surface area (Å²) in [5.74, 6) is 0. The summed E-state index contributed by atoms with van der Waals surface area (Å²) in [7, 11) is -1.55. The molecule has 122 valence electrons. The van der Waals surface area contributed by atoms with Crippen molar-refractivity contribution in [1.29, 1.82) is 0 Å². The third kappa shape index (κ3) is 4.16. The van der Waals surface area contributed by atoms with E-state index in [4.69, 9.17) is 0 Å². The highest BCUT2D eigenvalue weighted by molar-refractivity contribution is 7.89. The lowest BCUT2D eigenvalue weighted by Gasteiger charge is -2.12. The highest BCUT2D eigenvalue weighted by Crippen LogP contribution is 2.24. The van der Waals surface area contributed by atoms with Crippen molar-refractivity contribution in [3.05, 3.63) is 33.8 Å². The van der Waals surface area contributed by atoms with Gasteiger partial charge in [-0.3, -0.25) is 4.68 Å². The predicted molar refractivity (Wildman–Crippen MR) is 88.6 cm³/mol. The Morgan fingerprint density at radius 1 is 1.36 bits per heavy atom. The van der Waals surface area contributed by atoms with Crippen LogP contribution >= 0.6 is 11.3 Å². The normalized spacial score (nSPS) is 13.5. The first kappa shape index (κ1) is 17.1. The minimum absolute atomic E-state index is 0.128. The standard InChI is InChI=1S/C14H22N4O2S2/c1-10-7-14(12(3)21-10)22(19,20)17-6-5-15-11(2)13-8-16-18(4)9-13/h7-9,11,15,17H,5-6H2,1-4H3/t11-/m0/s1. The summed E-state index contributed by atoms with van der Waals surface area (Å²) in [5, 5.41) is 7.40. The number of sulfonamides is 1. The molecule has 0 aromatic carbocycles. The molecule has 2 heterocycles. The number of rotatable bonds is 7. The number of nitrogens with zero attached hydrogens (tertiary/aromatic N) is 2. The van der Waals surface area contributed by atoms with Crippen LogP contribution in [0.1, 0.15) is 28.3 Å². The van der Waals surface area contributed by atoms with E-state index in [1.54, 1.807) is 16.9 Å². The molecule has 0 aliphatic heterocycles. The Morgan fingerprint density at radius 3 is 2.64 bits per heavy atom. The van der Waals surface area contributed by atoms with E-state index in [1.165, 1.54) is 11.3 Å². The topological polar surface area (TPSA) is 76.0 Å². The van der Waals surface area contributed by atoms with Crippen LogP contribution in [0.4, 0.5) is 0 Å². The van der Waals surface area contributed by atoms with Gasteiger partial charge in [0.05, 0.1) is 11.1 Å². The summed E-state index contributed by atoms with van der Waals surface area (Å²) >= 11 is 1.50. The van der Waals surface area contributed by atoms with Gasteiger partial charge in [0.1, 0.15) is 0 Å². The first-order valence-corrected chi connectivity index (χ1v) is 9.38. The Kier molecular flexibility index (Phi) is 5.38. The van der Waals surface area contributed by atoms with E-state index in [0.29, 0.717) is 18.0 Å². The van der Waals surface area contributed by atoms with Gasteiger partial charge in [0.25, 0.3) is 0 Å². The number of aromatic nitrogens is 2. The maximum Gasteiger partial charge on any atom is 0.241 e. The van der Waals surface area contributed by atoms with Gasteiger partial charge >= 0.3 is 0 Å². The second-order valence-electron chi connectivity index (χ2n) is 5.30. The molecule has 0 amide bonds. The maximum absolute atomic E-state index is 12.2. The van der Waals surface area contributed by atoms with E-state index in [-0.39, 0.29) is 6.04 Å². The highest BCUT2D eigenvalue weighted by Gasteiger charge is 2.18. The monoisotopic (exact) mass is 342 g/mol. The van der Waals surface area contributed by atoms with Gasteiger partial charge in [-0.2, -0.15) is 5.10 Å². The van der Waals surface area contributed by atoms with Crippen LogP contribution in [0.25, 0.3) is 0 Å². The number of aryl methyl sites for hydroxylation is 3. The SMILES string of the molecule is Cc1cc(S(=O)(=O)NCCN[C@@H](C)c2cnn(C)c2)c(C)s1. The molecule has 0 unspecified atom stereocenters. The molecule has 0 spiro atoms. The summed E-state index contributed by atoms with van der Waals surface area (Å²) in [6, 6.07) is 1.84. The van der Waals surface area contributed by atoms with Crippen LogP contribution in [-0.2, 0) is 17.1 Å². The largest absolute Gasteiger partial charge is 0.309 e. The van der Waals surface area contributed by atoms with Crippen LogP contribution < -0.4 is 10.0 Å². The molecule has 0 saturated heterocycles. The zero-order valence-electron chi connectivity index (χ0n) is 13.3. The smallest absolute Gasteiger partial charge is 0.241 e. The van der Waals surface area contributed by atoms with Gasteiger partial charge in [-0.15, -0.1) is 11.3 Å². The zero-order chi connectivity index (χ0) is 16.3. The minimum atomic E-state index is -3.42. The fraction of sp³-hybridized carbons (Fsp3) is 0.500. The molecule has 0 aliphatic carbocycles. The van der Waals surface area contributed by atoms with Crippen molar-refractivity contribution < 1.29 is 8.42 Å². The molecule has 2 aromatic rings. The number of hydrogen-bond donors (Lipinski definition) is 2. The quantitative estimate of drug-likeness (QED) is 0.751. The van der Waals surface area contributed by atoms with Crippen LogP contribution in [0, 0.1) is 13.8 Å². The summed E-state index contributed by atoms with van der Waals surface area (Å²) in [5.41, 5.74) is 1.08. The third-order valence-corrected chi connectivity index (χ3v) is 6.06. The summed E-state index contributed by atoms with van der Waals surface area (Å²) < 4.78 is 28.9. The average molecular weight is 342 g/mol. The number of thiophene rings is 1. The summed E-state index contributed by atoms with van der Waals surface area (Å²) in [6.07, 6.45) is 3.75. The van der Waals surface area contributed by atoms with Gasteiger partial charge in [0, 0.05) is 47.7 Å². The molecule has 2 rings (SSSR count). The Bertz CT molecular complexity index is 734. The molecule has 22 heavy (non-hydrogen) atoms. The second-order valence-corrected chi connectivity index (χ2v) is 8.49. The maximum atomic E-state index is 12.2. The van der Waals surface area contributed by atoms with Crippen molar-refractivity contribution in [2.45, 2.75) is 31.7 Å². The molecule has 0 fully saturated rings. The van der Waals surface area contributed by atoms with Crippen LogP contribution in [0.5, 0.6) is 0 Å². The number of hydrogen-bond acceptors (Lipinski definition) is 5. The minimum Gasteiger partial charge on any atom is -0.309 e. The lowest BCUT2D eigenvalue weighted by Crippen LogP contribution is -2.33. The van der Waals surface area contributed by atoms with E-state index in [0.717, 1.165) is 15.3 Å². The molecule has 2 aromatic heterocycles. The molecule has 6 nitrogen and oxygen atoms in total. The first-order valence-electron chi connectivity index (χ1n) is 7.08. The van der Waals surface area contributed by atoms with Gasteiger partial charge in [-0.25, -0.2) is 13.1 Å². The van der Waals surface area contributed by atoms with Crippen molar-refractivity contribution in [3.63, 3.8) is 0 Å². The van der Waals surface area contributed by atoms with E-state index >= 15 is 0 Å². The van der Waals surface area contributed by atoms with E-state index in [9.17, 15) is 8.42 Å². The van der Waals surface area contributed by atoms with Crippen molar-refractivity contribution in [1.82, 2.24) is 19.8 Å². The molecule has 1 atom stereocenters. The Balaban J connectivity index is 1.84. The first-order chi connectivity index (χ1) is 10.3. The fourth-order valence-electron chi connectivity index (χ4n) is 2.21. The summed E-state index contributed by atoms with van der Waals surface area (Å²) in [6.45, 7) is 6.67. The van der Waals surface area contributed by atoms with Gasteiger partial charge in [-0.05, 0) is 26.8 Å². The number of nitrogens with one attached hydrogen (secondary N) is 2. The molecule has 0 bridgehead atoms. The van der Waals surface area contributed by atoms with Crippen LogP contribution in [0.2, 0.25) is 0 Å². The molecular formula is C14H22N4O2S2. The Labute approximate surface area is 135 Å². The van der Waals surface area contributed by atoms with E-state index < -0.39 is 10.0 Å². The molecule has 2 N–H and O–H groups in total. The fourth-order valence-corrected chi connectivity index (χ4v) is 4.79. The van der Waals surface area contributed by atoms with Crippen molar-refractivity contribution in [2.75, 3.05) is 13.1 Å². The molecule has 0 aliphatic rings. The summed E-state index contributed by atoms with van der Waals surface area (Å²) in [4.78, 5) is 2.21. The van der Waals surface area contributed by atoms with Crippen LogP contribution in [0.3, 0.4) is 0 Å². The predicted octanol–water partition coefficient (Wildman–Crippen LogP) is 1.73. The van der Waals surface area contributed by atoms with Crippen LogP contribution in [0.15, 0.2) is 23.4 Å². The highest BCUT2D eigenvalue weighted by atomic mass is 32.2. The lowest BCUT2D eigenvalue weighted by molar-refractivity contribution is 0.553. The van der Waals surface area contributed by atoms with Crippen molar-refractivity contribution >= 4 is 21.4 Å². The van der Waals surface area contributed by atoms with E-state index in [2.05, 4.69) is 15.1 Å². The lowest BCUT2D eigenvalue weighted by atomic mass is 10.2. The molecule has 8 heteroatoms. The third-order valence-electron chi connectivity index (χ3n) is 3.38. The van der Waals surface area contributed by atoms with Gasteiger partial charge in [-0.1, -0.05) is 0 Å². The molecule has 0 saturated carbocycles. The van der Waals surface area contributed by atoms with Gasteiger partial charge in [0.2, 0.25) is 10.0 Å². The van der Waals surface area contributed by atoms with Crippen molar-refractivity contribution in [2.24, 2.45) is 7.05 Å². The second kappa shape index (κ2) is 6.91. The Morgan fingerprint density at radius 2 is 2.09 bits per heavy atom. The molecule has 0 radical (unpaired) electrons. The molecular weight excluding hydrogens is 320 g/mol. The van der Waals surface area contributed by atoms with Gasteiger partial charge < -0.3 is 5.32 Å². The van der Waals surface area contributed by atoms with Gasteiger partial charge in [0.15, 0.2) is 0 Å². The van der Waals surface area contributed by atoms with Crippen LogP contribution in [-0.4, -0.2) is 31.3 Å². The zero-order valence-corrected chi connectivity index (χ0v) is 14.9. The Hall–Kier alpha value is -1.22. The van der Waals surface area contributed by atoms with Crippen molar-refractivity contribution in [3.8, 4) is 0 Å². The van der Waals surface area contributed by atoms with E-state index in [1.807, 2.05) is 34.0 Å².